The third kappa shape index (κ3) is 2.86. The number of rotatable bonds is 3. The zero-order valence-corrected chi connectivity index (χ0v) is 13.1. The van der Waals surface area contributed by atoms with E-state index in [1.165, 1.54) is 19.4 Å². The zero-order chi connectivity index (χ0) is 15.8. The van der Waals surface area contributed by atoms with Crippen LogP contribution >= 0.6 is 0 Å². The van der Waals surface area contributed by atoms with E-state index < -0.39 is 0 Å². The molecule has 0 spiro atoms. The Morgan fingerprint density at radius 3 is 2.61 bits per heavy atom. The van der Waals surface area contributed by atoms with Gasteiger partial charge in [-0.3, -0.25) is 9.69 Å². The highest BCUT2D eigenvalue weighted by Gasteiger charge is 2.29. The molecule has 0 unspecified atom stereocenters. The Kier molecular flexibility index (Phi) is 3.61. The van der Waals surface area contributed by atoms with E-state index >= 15 is 0 Å². The summed E-state index contributed by atoms with van der Waals surface area (Å²) in [7, 11) is 0. The van der Waals surface area contributed by atoms with Gasteiger partial charge in [-0.05, 0) is 24.8 Å². The summed E-state index contributed by atoms with van der Waals surface area (Å²) in [5.74, 6) is 0.783. The van der Waals surface area contributed by atoms with Crippen molar-refractivity contribution >= 4 is 22.5 Å². The van der Waals surface area contributed by atoms with Gasteiger partial charge in [-0.15, -0.1) is 10.2 Å². The number of hydrogen-bond acceptors (Lipinski definition) is 5. The third-order valence-corrected chi connectivity index (χ3v) is 4.78. The van der Waals surface area contributed by atoms with Crippen molar-refractivity contribution in [1.29, 1.82) is 0 Å². The van der Waals surface area contributed by atoms with Crippen LogP contribution in [0.15, 0.2) is 24.3 Å². The second-order valence-electron chi connectivity index (χ2n) is 6.52. The first kappa shape index (κ1) is 14.4. The van der Waals surface area contributed by atoms with Gasteiger partial charge in [0.05, 0.1) is 11.2 Å². The highest BCUT2D eigenvalue weighted by Crippen LogP contribution is 2.30. The van der Waals surface area contributed by atoms with Gasteiger partial charge in [0.1, 0.15) is 0 Å². The fourth-order valence-electron chi connectivity index (χ4n) is 3.18. The van der Waals surface area contributed by atoms with Gasteiger partial charge in [0.15, 0.2) is 5.69 Å². The predicted octanol–water partition coefficient (Wildman–Crippen LogP) is 1.38. The zero-order valence-electron chi connectivity index (χ0n) is 13.1. The molecule has 2 N–H and O–H groups in total. The SMILES string of the molecule is Nc1c(C(=O)N2CCN(CC3CC3)CC2)nnc2ccccc12. The molecule has 1 aromatic carbocycles. The first-order valence-corrected chi connectivity index (χ1v) is 8.25. The third-order valence-electron chi connectivity index (χ3n) is 4.78. The van der Waals surface area contributed by atoms with Crippen molar-refractivity contribution in [1.82, 2.24) is 20.0 Å². The standard InChI is InChI=1S/C17H21N5O/c18-15-13-3-1-2-4-14(13)19-20-16(15)17(23)22-9-7-21(8-10-22)11-12-5-6-12/h1-4,12H,5-11H2,(H2,18,19). The second-order valence-corrected chi connectivity index (χ2v) is 6.52. The molecule has 2 aromatic rings. The van der Waals surface area contributed by atoms with Crippen LogP contribution in [0.4, 0.5) is 5.69 Å². The van der Waals surface area contributed by atoms with Crippen LogP contribution in [0.25, 0.3) is 10.9 Å². The predicted molar refractivity (Wildman–Crippen MR) is 89.0 cm³/mol. The highest BCUT2D eigenvalue weighted by molar-refractivity contribution is 6.04. The van der Waals surface area contributed by atoms with Crippen LogP contribution in [-0.4, -0.2) is 58.6 Å². The summed E-state index contributed by atoms with van der Waals surface area (Å²) in [6, 6.07) is 7.51. The van der Waals surface area contributed by atoms with E-state index in [2.05, 4.69) is 15.1 Å². The van der Waals surface area contributed by atoms with Crippen LogP contribution in [0.5, 0.6) is 0 Å². The first-order chi connectivity index (χ1) is 11.2. The summed E-state index contributed by atoms with van der Waals surface area (Å²) in [6.45, 7) is 4.52. The van der Waals surface area contributed by atoms with Crippen LogP contribution in [0.1, 0.15) is 23.3 Å². The Morgan fingerprint density at radius 2 is 1.87 bits per heavy atom. The van der Waals surface area contributed by atoms with E-state index in [9.17, 15) is 4.79 Å². The molecule has 1 aliphatic heterocycles. The maximum atomic E-state index is 12.7. The highest BCUT2D eigenvalue weighted by atomic mass is 16.2. The van der Waals surface area contributed by atoms with E-state index in [-0.39, 0.29) is 11.6 Å². The lowest BCUT2D eigenvalue weighted by Gasteiger charge is -2.34. The van der Waals surface area contributed by atoms with Crippen molar-refractivity contribution < 1.29 is 4.79 Å². The molecule has 1 saturated carbocycles. The van der Waals surface area contributed by atoms with Crippen molar-refractivity contribution in [2.45, 2.75) is 12.8 Å². The molecule has 0 bridgehead atoms. The molecule has 2 fully saturated rings. The number of carbonyl (C=O) groups is 1. The minimum absolute atomic E-state index is 0.105. The van der Waals surface area contributed by atoms with E-state index in [1.807, 2.05) is 29.2 Å². The van der Waals surface area contributed by atoms with Crippen molar-refractivity contribution in [3.05, 3.63) is 30.0 Å². The number of hydrogen-bond donors (Lipinski definition) is 1. The van der Waals surface area contributed by atoms with Gasteiger partial charge in [-0.2, -0.15) is 0 Å². The fraction of sp³-hybridized carbons (Fsp3) is 0.471. The lowest BCUT2D eigenvalue weighted by atomic mass is 10.1. The maximum Gasteiger partial charge on any atom is 0.276 e. The molecule has 0 atom stereocenters. The Balaban J connectivity index is 1.49. The molecule has 2 aliphatic rings. The van der Waals surface area contributed by atoms with Crippen molar-refractivity contribution in [2.75, 3.05) is 38.5 Å². The van der Waals surface area contributed by atoms with Crippen LogP contribution in [0.3, 0.4) is 0 Å². The second kappa shape index (κ2) is 5.77. The topological polar surface area (TPSA) is 75.4 Å². The van der Waals surface area contributed by atoms with Crippen LogP contribution in [0, 0.1) is 5.92 Å². The number of carbonyl (C=O) groups excluding carboxylic acids is 1. The molecule has 23 heavy (non-hydrogen) atoms. The summed E-state index contributed by atoms with van der Waals surface area (Å²) < 4.78 is 0. The van der Waals surface area contributed by atoms with E-state index in [0.29, 0.717) is 5.69 Å². The number of nitrogen functional groups attached to an aromatic ring is 1. The molecule has 120 valence electrons. The molecule has 6 nitrogen and oxygen atoms in total. The van der Waals surface area contributed by atoms with Gasteiger partial charge in [0, 0.05) is 38.1 Å². The molecule has 1 aliphatic carbocycles. The molecule has 4 rings (SSSR count). The van der Waals surface area contributed by atoms with Crippen molar-refractivity contribution in [3.8, 4) is 0 Å². The minimum Gasteiger partial charge on any atom is -0.396 e. The smallest absolute Gasteiger partial charge is 0.276 e. The van der Waals surface area contributed by atoms with Crippen LogP contribution < -0.4 is 5.73 Å². The number of amides is 1. The van der Waals surface area contributed by atoms with Gasteiger partial charge >= 0.3 is 0 Å². The number of nitrogens with zero attached hydrogens (tertiary/aromatic N) is 4. The molecule has 0 radical (unpaired) electrons. The fourth-order valence-corrected chi connectivity index (χ4v) is 3.18. The number of aromatic nitrogens is 2. The Morgan fingerprint density at radius 1 is 1.13 bits per heavy atom. The quantitative estimate of drug-likeness (QED) is 0.927. The largest absolute Gasteiger partial charge is 0.396 e. The Bertz CT molecular complexity index is 735. The van der Waals surface area contributed by atoms with E-state index in [4.69, 9.17) is 5.73 Å². The van der Waals surface area contributed by atoms with E-state index in [1.54, 1.807) is 0 Å². The summed E-state index contributed by atoms with van der Waals surface area (Å²) in [6.07, 6.45) is 2.73. The minimum atomic E-state index is -0.105. The number of anilines is 1. The average Bonchev–Trinajstić information content (AvgIpc) is 3.40. The Labute approximate surface area is 135 Å². The summed E-state index contributed by atoms with van der Waals surface area (Å²) in [5.41, 5.74) is 7.59. The molecule has 1 saturated heterocycles. The number of piperazine rings is 1. The maximum absolute atomic E-state index is 12.7. The van der Waals surface area contributed by atoms with Gasteiger partial charge in [0.2, 0.25) is 0 Å². The summed E-state index contributed by atoms with van der Waals surface area (Å²) in [5, 5.41) is 9.00. The molecular weight excluding hydrogens is 290 g/mol. The van der Waals surface area contributed by atoms with Gasteiger partial charge < -0.3 is 10.6 Å². The lowest BCUT2D eigenvalue weighted by molar-refractivity contribution is 0.0626. The first-order valence-electron chi connectivity index (χ1n) is 8.25. The molecule has 1 aromatic heterocycles. The Hall–Kier alpha value is -2.21. The monoisotopic (exact) mass is 311 g/mol. The van der Waals surface area contributed by atoms with E-state index in [0.717, 1.165) is 43.0 Å². The molecule has 1 amide bonds. The molecular formula is C17H21N5O. The van der Waals surface area contributed by atoms with Crippen molar-refractivity contribution in [3.63, 3.8) is 0 Å². The van der Waals surface area contributed by atoms with Crippen LogP contribution in [-0.2, 0) is 0 Å². The molecule has 6 heteroatoms. The van der Waals surface area contributed by atoms with Gasteiger partial charge in [-0.25, -0.2) is 0 Å². The number of fused-ring (bicyclic) bond motifs is 1. The van der Waals surface area contributed by atoms with Gasteiger partial charge in [0.25, 0.3) is 5.91 Å². The number of nitrogens with two attached hydrogens (primary N) is 1. The number of benzene rings is 1. The van der Waals surface area contributed by atoms with Crippen LogP contribution in [0.2, 0.25) is 0 Å². The summed E-state index contributed by atoms with van der Waals surface area (Å²) in [4.78, 5) is 17.0. The lowest BCUT2D eigenvalue weighted by Crippen LogP contribution is -2.49. The molecule has 2 heterocycles. The average molecular weight is 311 g/mol. The van der Waals surface area contributed by atoms with Gasteiger partial charge in [-0.1, -0.05) is 18.2 Å². The van der Waals surface area contributed by atoms with Crippen molar-refractivity contribution in [2.24, 2.45) is 5.92 Å². The normalized spacial score (nSPS) is 19.2. The summed E-state index contributed by atoms with van der Waals surface area (Å²) >= 11 is 0.